The summed E-state index contributed by atoms with van der Waals surface area (Å²) < 4.78 is 0. The quantitative estimate of drug-likeness (QED) is 0.123. The summed E-state index contributed by atoms with van der Waals surface area (Å²) in [6.45, 7) is 8.26. The van der Waals surface area contributed by atoms with E-state index < -0.39 is 0 Å². The maximum atomic E-state index is 5.53. The number of hydrogen-bond donors (Lipinski definition) is 0. The molecule has 0 atom stereocenters. The molecule has 5 heteroatoms. The van der Waals surface area contributed by atoms with E-state index in [4.69, 9.17) is 48.9 Å². The number of aryl methyl sites for hydroxylation is 4. The van der Waals surface area contributed by atoms with E-state index in [2.05, 4.69) is 64.1 Å². The fourth-order valence-corrected chi connectivity index (χ4v) is 4.81. The van der Waals surface area contributed by atoms with E-state index in [0.29, 0.717) is 0 Å². The fourth-order valence-electron chi connectivity index (χ4n) is 3.65. The average Bonchev–Trinajstić information content (AvgIpc) is 2.91. The first kappa shape index (κ1) is 31.0. The first-order valence-electron chi connectivity index (χ1n) is 11.6. The molecule has 0 aliphatic rings. The van der Waals surface area contributed by atoms with Crippen LogP contribution in [0.3, 0.4) is 0 Å². The van der Waals surface area contributed by atoms with E-state index >= 15 is 0 Å². The van der Waals surface area contributed by atoms with Gasteiger partial charge in [0.1, 0.15) is 0 Å². The van der Waals surface area contributed by atoms with E-state index in [1.807, 2.05) is 60.7 Å². The molecule has 0 nitrogen and oxygen atoms in total. The van der Waals surface area contributed by atoms with Gasteiger partial charge in [0, 0.05) is 16.5 Å². The topological polar surface area (TPSA) is 0 Å². The Morgan fingerprint density at radius 2 is 0.757 bits per heavy atom. The monoisotopic (exact) mass is 598 g/mol. The Morgan fingerprint density at radius 1 is 0.432 bits per heavy atom. The molecule has 0 bridgehead atoms. The Morgan fingerprint density at radius 3 is 1.08 bits per heavy atom. The summed E-state index contributed by atoms with van der Waals surface area (Å²) in [7, 11) is 0. The van der Waals surface area contributed by atoms with Crippen LogP contribution < -0.4 is 0 Å². The predicted molar refractivity (Wildman–Crippen MR) is 172 cm³/mol. The molecule has 0 unspecified atom stereocenters. The molecule has 0 spiro atoms. The van der Waals surface area contributed by atoms with Crippen LogP contribution in [-0.4, -0.2) is 19.5 Å². The Kier molecular flexibility index (Phi) is 12.2. The molecule has 4 aromatic carbocycles. The predicted octanol–water partition coefficient (Wildman–Crippen LogP) is 8.88. The van der Waals surface area contributed by atoms with Crippen LogP contribution in [0.1, 0.15) is 44.5 Å². The Balaban J connectivity index is 0.000000253. The van der Waals surface area contributed by atoms with Gasteiger partial charge in [-0.1, -0.05) is 157 Å². The van der Waals surface area contributed by atoms with Gasteiger partial charge in [-0.25, -0.2) is 0 Å². The summed E-state index contributed by atoms with van der Waals surface area (Å²) in [6, 6.07) is 32.4. The van der Waals surface area contributed by atoms with Crippen LogP contribution in [0.25, 0.3) is 0 Å². The molecular formula is C32H28NiS4. The van der Waals surface area contributed by atoms with E-state index in [9.17, 15) is 0 Å². The van der Waals surface area contributed by atoms with Gasteiger partial charge in [0.15, 0.2) is 0 Å². The molecule has 0 fully saturated rings. The molecule has 4 aromatic rings. The minimum Gasteiger partial charge on any atom is -0.0778 e. The average molecular weight is 600 g/mol. The molecule has 37 heavy (non-hydrogen) atoms. The van der Waals surface area contributed by atoms with Gasteiger partial charge < -0.3 is 0 Å². The van der Waals surface area contributed by atoms with E-state index in [0.717, 1.165) is 41.7 Å². The zero-order valence-electron chi connectivity index (χ0n) is 21.2. The summed E-state index contributed by atoms with van der Waals surface area (Å²) in [6.07, 6.45) is 0. The van der Waals surface area contributed by atoms with E-state index in [1.165, 1.54) is 22.3 Å². The maximum absolute atomic E-state index is 5.53. The van der Waals surface area contributed by atoms with E-state index in [-0.39, 0.29) is 16.5 Å². The van der Waals surface area contributed by atoms with Crippen LogP contribution in [0.2, 0.25) is 0 Å². The second-order valence-corrected chi connectivity index (χ2v) is 10.3. The van der Waals surface area contributed by atoms with Gasteiger partial charge in [-0.05, 0) is 61.1 Å². The van der Waals surface area contributed by atoms with Crippen molar-refractivity contribution in [3.63, 3.8) is 0 Å². The van der Waals surface area contributed by atoms with Crippen LogP contribution >= 0.6 is 48.9 Å². The van der Waals surface area contributed by atoms with Crippen LogP contribution in [0.5, 0.6) is 0 Å². The fraction of sp³-hybridized carbons (Fsp3) is 0.125. The maximum Gasteiger partial charge on any atom is 0.0638 e. The van der Waals surface area contributed by atoms with Crippen molar-refractivity contribution < 1.29 is 16.5 Å². The third-order valence-electron chi connectivity index (χ3n) is 5.76. The van der Waals surface area contributed by atoms with Crippen LogP contribution in [0, 0.1) is 27.7 Å². The molecule has 0 aromatic heterocycles. The largest absolute Gasteiger partial charge is 0.0778 e. The first-order chi connectivity index (χ1) is 17.2. The smallest absolute Gasteiger partial charge is 0.0638 e. The van der Waals surface area contributed by atoms with Crippen LogP contribution in [0.15, 0.2) is 97.1 Å². The minimum atomic E-state index is 0. The van der Waals surface area contributed by atoms with Crippen molar-refractivity contribution in [1.82, 2.24) is 0 Å². The van der Waals surface area contributed by atoms with Crippen molar-refractivity contribution in [3.05, 3.63) is 142 Å². The molecule has 0 N–H and O–H groups in total. The van der Waals surface area contributed by atoms with Gasteiger partial charge >= 0.3 is 0 Å². The van der Waals surface area contributed by atoms with Crippen molar-refractivity contribution in [2.75, 3.05) is 0 Å². The zero-order valence-corrected chi connectivity index (χ0v) is 25.4. The molecular weight excluding hydrogens is 571 g/mol. The third-order valence-corrected chi connectivity index (χ3v) is 7.75. The van der Waals surface area contributed by atoms with Gasteiger partial charge in [-0.3, -0.25) is 0 Å². The molecule has 0 heterocycles. The number of benzene rings is 4. The van der Waals surface area contributed by atoms with Gasteiger partial charge in [0.2, 0.25) is 0 Å². The van der Waals surface area contributed by atoms with Gasteiger partial charge in [0.25, 0.3) is 0 Å². The van der Waals surface area contributed by atoms with Gasteiger partial charge in [-0.15, -0.1) is 0 Å². The van der Waals surface area contributed by atoms with Gasteiger partial charge in [0.05, 0.1) is 19.5 Å². The minimum absolute atomic E-state index is 0. The molecule has 190 valence electrons. The van der Waals surface area contributed by atoms with Crippen molar-refractivity contribution in [1.29, 1.82) is 0 Å². The van der Waals surface area contributed by atoms with Crippen LogP contribution in [-0.2, 0) is 16.5 Å². The Bertz CT molecular complexity index is 1310. The molecule has 0 saturated heterocycles. The number of hydrogen-bond acceptors (Lipinski definition) is 4. The molecule has 0 aliphatic heterocycles. The molecule has 4 rings (SSSR count). The Hall–Kier alpha value is -2.27. The van der Waals surface area contributed by atoms with Crippen molar-refractivity contribution in [2.24, 2.45) is 0 Å². The molecule has 0 saturated carbocycles. The molecule has 0 aliphatic carbocycles. The first-order valence-corrected chi connectivity index (χ1v) is 13.2. The normalized spacial score (nSPS) is 9.84. The third kappa shape index (κ3) is 8.36. The SMILES string of the molecule is Cc1ccc(C)c(C(=S)C(=S)c2ccccc2)c1.Cc1ccc(C)c(C(=S)C(=S)c2ccccc2)c1.[Ni]. The van der Waals surface area contributed by atoms with Crippen molar-refractivity contribution in [2.45, 2.75) is 27.7 Å². The van der Waals surface area contributed by atoms with Crippen molar-refractivity contribution >= 4 is 68.3 Å². The summed E-state index contributed by atoms with van der Waals surface area (Å²) in [5.74, 6) is 0. The molecule has 0 amide bonds. The van der Waals surface area contributed by atoms with Gasteiger partial charge in [-0.2, -0.15) is 0 Å². The summed E-state index contributed by atoms with van der Waals surface area (Å²) in [5.41, 5.74) is 8.91. The van der Waals surface area contributed by atoms with E-state index in [1.54, 1.807) is 0 Å². The summed E-state index contributed by atoms with van der Waals surface area (Å²) >= 11 is 22.0. The second-order valence-electron chi connectivity index (χ2n) is 8.69. The number of rotatable bonds is 6. The van der Waals surface area contributed by atoms with Crippen LogP contribution in [0.4, 0.5) is 0 Å². The summed E-state index contributed by atoms with van der Waals surface area (Å²) in [5, 5.41) is 0. The standard InChI is InChI=1S/2C16H14S2.Ni/c2*1-11-8-9-12(2)14(10-11)16(18)15(17)13-6-4-3-5-7-13;/h2*3-10H,1-2H3;. The van der Waals surface area contributed by atoms with Crippen molar-refractivity contribution in [3.8, 4) is 0 Å². The summed E-state index contributed by atoms with van der Waals surface area (Å²) in [4.78, 5) is 3.02. The number of thiocarbonyl (C=S) groups is 4. The molecule has 0 radical (unpaired) electrons. The second kappa shape index (κ2) is 14.6. The zero-order chi connectivity index (χ0) is 26.2. The Labute approximate surface area is 252 Å².